The van der Waals surface area contributed by atoms with Crippen LogP contribution in [0.2, 0.25) is 5.02 Å². The van der Waals surface area contributed by atoms with Gasteiger partial charge in [0.05, 0.1) is 13.2 Å². The topological polar surface area (TPSA) is 84.9 Å². The minimum Gasteiger partial charge on any atom is -0.449 e. The summed E-state index contributed by atoms with van der Waals surface area (Å²) in [5.41, 5.74) is 2.56. The zero-order valence-corrected chi connectivity index (χ0v) is 13.9. The largest absolute Gasteiger partial charge is 0.449 e. The Morgan fingerprint density at radius 2 is 1.70 bits per heavy atom. The molecule has 1 aromatic carbocycles. The van der Waals surface area contributed by atoms with Gasteiger partial charge in [-0.1, -0.05) is 11.6 Å². The molecule has 0 fully saturated rings. The number of nitrogens with zero attached hydrogens (tertiary/aromatic N) is 1. The van der Waals surface area contributed by atoms with E-state index in [1.807, 2.05) is 0 Å². The highest BCUT2D eigenvalue weighted by Gasteiger charge is 2.30. The molecule has 0 heterocycles. The van der Waals surface area contributed by atoms with Crippen molar-refractivity contribution in [2.75, 3.05) is 13.2 Å². The minimum absolute atomic E-state index is 0.0989. The van der Waals surface area contributed by atoms with Gasteiger partial charge in [0, 0.05) is 10.6 Å². The van der Waals surface area contributed by atoms with Crippen LogP contribution in [0.15, 0.2) is 24.3 Å². The van der Waals surface area contributed by atoms with Gasteiger partial charge in [-0.2, -0.15) is 0 Å². The number of ether oxygens (including phenoxy) is 2. The molecule has 0 aliphatic rings. The first-order valence-corrected chi connectivity index (χ1v) is 7.47. The maximum atomic E-state index is 12.5. The quantitative estimate of drug-likeness (QED) is 0.656. The van der Waals surface area contributed by atoms with Crippen molar-refractivity contribution in [3.63, 3.8) is 0 Å². The van der Waals surface area contributed by atoms with Crippen LogP contribution in [0.5, 0.6) is 0 Å². The second-order valence-corrected chi connectivity index (χ2v) is 4.88. The predicted molar refractivity (Wildman–Crippen MR) is 84.3 cm³/mol. The number of halogens is 1. The third kappa shape index (κ3) is 5.45. The number of carbonyl (C=O) groups excluding carboxylic acids is 3. The van der Waals surface area contributed by atoms with Crippen LogP contribution in [0.1, 0.15) is 31.1 Å². The first-order chi connectivity index (χ1) is 10.9. The minimum atomic E-state index is -0.986. The number of hydrogen-bond acceptors (Lipinski definition) is 5. The third-order valence-corrected chi connectivity index (χ3v) is 3.10. The van der Waals surface area contributed by atoms with Crippen molar-refractivity contribution in [3.05, 3.63) is 34.9 Å². The number of hydrogen-bond donors (Lipinski definition) is 1. The molecule has 0 bridgehead atoms. The SMILES string of the molecule is CCOC(=O)NN(C(=O)OCC)[C@@H](C)C(=O)c1ccc(Cl)cc1. The molecule has 0 spiro atoms. The van der Waals surface area contributed by atoms with Gasteiger partial charge >= 0.3 is 12.2 Å². The first kappa shape index (κ1) is 18.8. The first-order valence-electron chi connectivity index (χ1n) is 7.09. The summed E-state index contributed by atoms with van der Waals surface area (Å²) in [6.45, 7) is 4.94. The molecule has 1 rings (SSSR count). The average Bonchev–Trinajstić information content (AvgIpc) is 2.52. The standard InChI is InChI=1S/C15H19ClN2O5/c1-4-22-14(20)17-18(15(21)23-5-2)10(3)13(19)11-6-8-12(16)9-7-11/h6-10H,4-5H2,1-3H3,(H,17,20)/t10-/m0/s1. The molecule has 0 aliphatic carbocycles. The molecular formula is C15H19ClN2O5. The van der Waals surface area contributed by atoms with E-state index in [4.69, 9.17) is 21.1 Å². The van der Waals surface area contributed by atoms with Crippen LogP contribution >= 0.6 is 11.6 Å². The summed E-state index contributed by atoms with van der Waals surface area (Å²) in [4.78, 5) is 36.0. The number of ketones is 1. The van der Waals surface area contributed by atoms with E-state index in [-0.39, 0.29) is 19.0 Å². The Morgan fingerprint density at radius 1 is 1.13 bits per heavy atom. The van der Waals surface area contributed by atoms with Crippen molar-refractivity contribution in [3.8, 4) is 0 Å². The highest BCUT2D eigenvalue weighted by Crippen LogP contribution is 2.13. The van der Waals surface area contributed by atoms with Crippen LogP contribution in [0, 0.1) is 0 Å². The summed E-state index contributed by atoms with van der Waals surface area (Å²) in [5.74, 6) is -0.383. The van der Waals surface area contributed by atoms with Gasteiger partial charge in [-0.05, 0) is 45.0 Å². The predicted octanol–water partition coefficient (Wildman–Crippen LogP) is 3.03. The van der Waals surface area contributed by atoms with Crippen molar-refractivity contribution in [2.45, 2.75) is 26.8 Å². The molecule has 0 aromatic heterocycles. The van der Waals surface area contributed by atoms with E-state index in [0.29, 0.717) is 10.6 Å². The van der Waals surface area contributed by atoms with E-state index in [2.05, 4.69) is 5.43 Å². The molecule has 0 saturated carbocycles. The Kier molecular flexibility index (Phi) is 7.34. The second-order valence-electron chi connectivity index (χ2n) is 4.45. The summed E-state index contributed by atoms with van der Waals surface area (Å²) < 4.78 is 9.58. The van der Waals surface area contributed by atoms with Gasteiger partial charge in [0.2, 0.25) is 0 Å². The number of hydrazine groups is 1. The van der Waals surface area contributed by atoms with Gasteiger partial charge in [-0.3, -0.25) is 4.79 Å². The van der Waals surface area contributed by atoms with Crippen molar-refractivity contribution in [1.29, 1.82) is 0 Å². The van der Waals surface area contributed by atoms with Gasteiger partial charge in [0.1, 0.15) is 6.04 Å². The Morgan fingerprint density at radius 3 is 2.22 bits per heavy atom. The molecule has 8 heteroatoms. The molecule has 0 aliphatic heterocycles. The number of nitrogens with one attached hydrogen (secondary N) is 1. The summed E-state index contributed by atoms with van der Waals surface area (Å²) >= 11 is 5.78. The van der Waals surface area contributed by atoms with Crippen LogP contribution in [-0.2, 0) is 9.47 Å². The Labute approximate surface area is 139 Å². The fourth-order valence-corrected chi connectivity index (χ4v) is 1.85. The lowest BCUT2D eigenvalue weighted by molar-refractivity contribution is 0.0515. The Bertz CT molecular complexity index is 561. The number of benzene rings is 1. The third-order valence-electron chi connectivity index (χ3n) is 2.85. The number of carbonyl (C=O) groups is 3. The normalized spacial score (nSPS) is 11.3. The summed E-state index contributed by atoms with van der Waals surface area (Å²) in [7, 11) is 0. The zero-order valence-electron chi connectivity index (χ0n) is 13.2. The van der Waals surface area contributed by atoms with E-state index in [0.717, 1.165) is 5.01 Å². The maximum absolute atomic E-state index is 12.5. The lowest BCUT2D eigenvalue weighted by Crippen LogP contribution is -2.54. The van der Waals surface area contributed by atoms with Crippen LogP contribution < -0.4 is 5.43 Å². The fraction of sp³-hybridized carbons (Fsp3) is 0.400. The van der Waals surface area contributed by atoms with Gasteiger partial charge < -0.3 is 9.47 Å². The van der Waals surface area contributed by atoms with E-state index < -0.39 is 18.2 Å². The summed E-state index contributed by atoms with van der Waals surface area (Å²) in [5, 5.41) is 1.29. The molecule has 1 N–H and O–H groups in total. The van der Waals surface area contributed by atoms with Gasteiger partial charge in [0.25, 0.3) is 0 Å². The lowest BCUT2D eigenvalue weighted by atomic mass is 10.1. The van der Waals surface area contributed by atoms with Crippen LogP contribution in [0.25, 0.3) is 0 Å². The van der Waals surface area contributed by atoms with Crippen molar-refractivity contribution >= 4 is 29.6 Å². The Hall–Kier alpha value is -2.28. The molecule has 0 radical (unpaired) electrons. The molecule has 1 aromatic rings. The van der Waals surface area contributed by atoms with Crippen molar-refractivity contribution < 1.29 is 23.9 Å². The fourth-order valence-electron chi connectivity index (χ4n) is 1.73. The van der Waals surface area contributed by atoms with Crippen molar-refractivity contribution in [2.24, 2.45) is 0 Å². The molecule has 7 nitrogen and oxygen atoms in total. The molecule has 0 unspecified atom stereocenters. The summed E-state index contributed by atoms with van der Waals surface area (Å²) in [6.07, 6.45) is -1.70. The van der Waals surface area contributed by atoms with Gasteiger partial charge in [-0.15, -0.1) is 0 Å². The monoisotopic (exact) mass is 342 g/mol. The molecule has 0 saturated heterocycles. The van der Waals surface area contributed by atoms with Crippen LogP contribution in [0.4, 0.5) is 9.59 Å². The van der Waals surface area contributed by atoms with E-state index in [9.17, 15) is 14.4 Å². The Balaban J connectivity index is 2.94. The molecule has 2 amide bonds. The molecular weight excluding hydrogens is 324 g/mol. The number of rotatable bonds is 5. The smallest absolute Gasteiger partial charge is 0.429 e. The maximum Gasteiger partial charge on any atom is 0.429 e. The number of Topliss-reactive ketones (excluding diaryl/α,β-unsaturated/α-hetero) is 1. The second kappa shape index (κ2) is 8.99. The highest BCUT2D eigenvalue weighted by molar-refractivity contribution is 6.30. The van der Waals surface area contributed by atoms with Gasteiger partial charge in [-0.25, -0.2) is 20.0 Å². The number of amides is 2. The van der Waals surface area contributed by atoms with Crippen molar-refractivity contribution in [1.82, 2.24) is 10.4 Å². The van der Waals surface area contributed by atoms with Crippen LogP contribution in [0.3, 0.4) is 0 Å². The highest BCUT2D eigenvalue weighted by atomic mass is 35.5. The van der Waals surface area contributed by atoms with Gasteiger partial charge in [0.15, 0.2) is 5.78 Å². The summed E-state index contributed by atoms with van der Waals surface area (Å²) in [6, 6.07) is 5.22. The van der Waals surface area contributed by atoms with E-state index in [1.165, 1.54) is 19.1 Å². The van der Waals surface area contributed by atoms with E-state index >= 15 is 0 Å². The molecule has 126 valence electrons. The van der Waals surface area contributed by atoms with E-state index in [1.54, 1.807) is 26.0 Å². The zero-order chi connectivity index (χ0) is 17.4. The van der Waals surface area contributed by atoms with Crippen LogP contribution in [-0.4, -0.2) is 42.2 Å². The lowest BCUT2D eigenvalue weighted by Gasteiger charge is -2.27. The average molecular weight is 343 g/mol. The molecule has 1 atom stereocenters. The molecule has 23 heavy (non-hydrogen) atoms.